The van der Waals surface area contributed by atoms with E-state index in [9.17, 15) is 18.0 Å². The first-order valence-corrected chi connectivity index (χ1v) is 9.60. The highest BCUT2D eigenvalue weighted by molar-refractivity contribution is 7.59. The van der Waals surface area contributed by atoms with Crippen molar-refractivity contribution in [2.75, 3.05) is 6.61 Å². The lowest BCUT2D eigenvalue weighted by atomic mass is 9.87. The molecule has 27 heavy (non-hydrogen) atoms. The molecule has 1 aromatic heterocycles. The Morgan fingerprint density at radius 3 is 2.22 bits per heavy atom. The molecule has 1 aromatic carbocycles. The van der Waals surface area contributed by atoms with Crippen molar-refractivity contribution in [3.8, 4) is 5.75 Å². The average molecular weight is 397 g/mol. The fraction of sp³-hybridized carbons (Fsp3) is 0.400. The topological polar surface area (TPSA) is 39.2 Å². The summed E-state index contributed by atoms with van der Waals surface area (Å²) in [5.41, 5.74) is 2.38. The van der Waals surface area contributed by atoms with Crippen molar-refractivity contribution in [3.05, 3.63) is 59.4 Å². The van der Waals surface area contributed by atoms with E-state index in [2.05, 4.69) is 30.5 Å². The number of ether oxygens (including phenoxy) is 1. The molecule has 0 saturated heterocycles. The van der Waals surface area contributed by atoms with E-state index < -0.39 is 12.8 Å². The van der Waals surface area contributed by atoms with Crippen LogP contribution < -0.4 is 4.74 Å². The number of carbonyl (C=O) groups excluding carboxylic acids is 1. The molecule has 0 N–H and O–H groups in total. The van der Waals surface area contributed by atoms with Gasteiger partial charge in [0.05, 0.1) is 6.20 Å². The van der Waals surface area contributed by atoms with Gasteiger partial charge in [0.25, 0.3) is 0 Å². The fourth-order valence-electron chi connectivity index (χ4n) is 2.37. The summed E-state index contributed by atoms with van der Waals surface area (Å²) in [6, 6.07) is 10.6. The van der Waals surface area contributed by atoms with Crippen LogP contribution in [0, 0.1) is 0 Å². The van der Waals surface area contributed by atoms with Gasteiger partial charge in [0, 0.05) is 16.9 Å². The Morgan fingerprint density at radius 2 is 1.74 bits per heavy atom. The Morgan fingerprint density at radius 1 is 1.11 bits per heavy atom. The molecule has 0 amide bonds. The van der Waals surface area contributed by atoms with Gasteiger partial charge in [0.15, 0.2) is 12.1 Å². The summed E-state index contributed by atoms with van der Waals surface area (Å²) < 4.78 is 41.1. The van der Waals surface area contributed by atoms with E-state index in [1.807, 2.05) is 31.2 Å². The normalized spacial score (nSPS) is 13.7. The largest absolute Gasteiger partial charge is 0.483 e. The van der Waals surface area contributed by atoms with Crippen LogP contribution in [0.25, 0.3) is 0 Å². The van der Waals surface area contributed by atoms with E-state index in [0.717, 1.165) is 5.56 Å². The predicted molar refractivity (Wildman–Crippen MR) is 102 cm³/mol. The van der Waals surface area contributed by atoms with Gasteiger partial charge in [-0.2, -0.15) is 13.2 Å². The summed E-state index contributed by atoms with van der Waals surface area (Å²) in [4.78, 5) is 16.6. The average Bonchev–Trinajstić information content (AvgIpc) is 2.59. The Bertz CT molecular complexity index is 766. The van der Waals surface area contributed by atoms with E-state index in [1.54, 1.807) is 6.07 Å². The van der Waals surface area contributed by atoms with Crippen molar-refractivity contribution < 1.29 is 22.7 Å². The maximum absolute atomic E-state index is 12.5. The van der Waals surface area contributed by atoms with Gasteiger partial charge < -0.3 is 4.74 Å². The van der Waals surface area contributed by atoms with Crippen molar-refractivity contribution in [2.45, 2.75) is 44.9 Å². The quantitative estimate of drug-likeness (QED) is 0.570. The number of halogens is 3. The summed E-state index contributed by atoms with van der Waals surface area (Å²) in [5.74, 6) is 0.0516. The highest BCUT2D eigenvalue weighted by atomic mass is 31.1. The third kappa shape index (κ3) is 6.62. The third-order valence-corrected chi connectivity index (χ3v) is 5.25. The van der Waals surface area contributed by atoms with Crippen molar-refractivity contribution in [1.29, 1.82) is 0 Å². The first-order valence-electron chi connectivity index (χ1n) is 8.52. The molecule has 0 aliphatic rings. The molecule has 3 nitrogen and oxygen atoms in total. The molecular weight excluding hydrogens is 374 g/mol. The molecule has 0 aliphatic heterocycles. The second kappa shape index (κ2) is 8.39. The van der Waals surface area contributed by atoms with Gasteiger partial charge in [-0.1, -0.05) is 52.0 Å². The Labute approximate surface area is 159 Å². The molecule has 0 fully saturated rings. The number of hydrogen-bond acceptors (Lipinski definition) is 3. The minimum Gasteiger partial charge on any atom is -0.483 e. The van der Waals surface area contributed by atoms with Crippen LogP contribution in [0.15, 0.2) is 42.6 Å². The van der Waals surface area contributed by atoms with Crippen molar-refractivity contribution in [2.24, 2.45) is 0 Å². The second-order valence-corrected chi connectivity index (χ2v) is 8.95. The molecular formula is C20H23F3NO2P. The highest BCUT2D eigenvalue weighted by Gasteiger charge is 2.28. The first-order chi connectivity index (χ1) is 12.5. The van der Waals surface area contributed by atoms with Crippen molar-refractivity contribution in [1.82, 2.24) is 4.98 Å². The molecule has 2 aromatic rings. The van der Waals surface area contributed by atoms with Crippen molar-refractivity contribution in [3.63, 3.8) is 0 Å². The molecule has 1 heterocycles. The van der Waals surface area contributed by atoms with Gasteiger partial charge in [-0.05, 0) is 31.7 Å². The van der Waals surface area contributed by atoms with Crippen LogP contribution in [0.4, 0.5) is 13.2 Å². The monoisotopic (exact) mass is 397 g/mol. The van der Waals surface area contributed by atoms with E-state index in [4.69, 9.17) is 0 Å². The number of alkyl halides is 3. The minimum absolute atomic E-state index is 0.0155. The van der Waals surface area contributed by atoms with Gasteiger partial charge in [0.2, 0.25) is 0 Å². The van der Waals surface area contributed by atoms with Crippen LogP contribution in [0.3, 0.4) is 0 Å². The molecule has 0 aliphatic carbocycles. The Balaban J connectivity index is 1.97. The van der Waals surface area contributed by atoms with Crippen LogP contribution in [-0.2, 0) is 5.41 Å². The number of pyridine rings is 1. The second-order valence-electron chi connectivity index (χ2n) is 7.35. The molecule has 2 unspecified atom stereocenters. The zero-order chi connectivity index (χ0) is 20.2. The minimum atomic E-state index is -4.39. The maximum atomic E-state index is 12.5. The van der Waals surface area contributed by atoms with Gasteiger partial charge in [0.1, 0.15) is 5.75 Å². The van der Waals surface area contributed by atoms with Gasteiger partial charge >= 0.3 is 6.18 Å². The highest BCUT2D eigenvalue weighted by Crippen LogP contribution is 2.36. The lowest BCUT2D eigenvalue weighted by Gasteiger charge is -2.19. The Hall–Kier alpha value is -1.94. The number of hydrogen-bond donors (Lipinski definition) is 0. The van der Waals surface area contributed by atoms with Gasteiger partial charge in [-0.25, -0.2) is 0 Å². The van der Waals surface area contributed by atoms with E-state index in [0.29, 0.717) is 11.3 Å². The summed E-state index contributed by atoms with van der Waals surface area (Å²) in [5, 5.41) is 0. The number of carbonyl (C=O) groups is 1. The van der Waals surface area contributed by atoms with Gasteiger partial charge in [-0.15, -0.1) is 0 Å². The lowest BCUT2D eigenvalue weighted by molar-refractivity contribution is -0.153. The van der Waals surface area contributed by atoms with E-state index in [1.165, 1.54) is 12.3 Å². The summed E-state index contributed by atoms with van der Waals surface area (Å²) in [6.07, 6.45) is -3.13. The molecule has 0 bridgehead atoms. The smallest absolute Gasteiger partial charge is 0.422 e. The molecule has 0 spiro atoms. The van der Waals surface area contributed by atoms with Crippen LogP contribution >= 0.6 is 8.58 Å². The fourth-order valence-corrected chi connectivity index (χ4v) is 3.42. The molecule has 0 saturated carbocycles. The Kier molecular flexibility index (Phi) is 6.63. The first kappa shape index (κ1) is 21.4. The summed E-state index contributed by atoms with van der Waals surface area (Å²) in [7, 11) is -0.0155. The SMILES string of the molecule is CC(PC(=O)c1ccc(C(C)(C)C)cc1)c1ccc(OCC(F)(F)F)cn1. The van der Waals surface area contributed by atoms with Crippen LogP contribution in [-0.4, -0.2) is 23.3 Å². The van der Waals surface area contributed by atoms with Crippen molar-refractivity contribution >= 4 is 14.1 Å². The number of benzene rings is 1. The maximum Gasteiger partial charge on any atom is 0.422 e. The molecule has 2 atom stereocenters. The van der Waals surface area contributed by atoms with Gasteiger partial charge in [-0.3, -0.25) is 9.78 Å². The number of rotatable bonds is 6. The zero-order valence-corrected chi connectivity index (χ0v) is 16.7. The predicted octanol–water partition coefficient (Wildman–Crippen LogP) is 5.90. The number of aromatic nitrogens is 1. The van der Waals surface area contributed by atoms with Crippen LogP contribution in [0.5, 0.6) is 5.75 Å². The number of nitrogens with zero attached hydrogens (tertiary/aromatic N) is 1. The lowest BCUT2D eigenvalue weighted by Crippen LogP contribution is -2.19. The summed E-state index contributed by atoms with van der Waals surface area (Å²) >= 11 is 0. The summed E-state index contributed by atoms with van der Waals surface area (Å²) in [6.45, 7) is 6.86. The third-order valence-electron chi connectivity index (χ3n) is 3.97. The van der Waals surface area contributed by atoms with E-state index in [-0.39, 0.29) is 30.9 Å². The molecule has 7 heteroatoms. The van der Waals surface area contributed by atoms with Crippen LogP contribution in [0.2, 0.25) is 0 Å². The molecule has 146 valence electrons. The molecule has 2 rings (SSSR count). The molecule has 0 radical (unpaired) electrons. The zero-order valence-electron chi connectivity index (χ0n) is 15.7. The van der Waals surface area contributed by atoms with Crippen LogP contribution in [0.1, 0.15) is 55.0 Å². The van der Waals surface area contributed by atoms with E-state index >= 15 is 0 Å². The standard InChI is InChI=1S/C20H23F3NO2P/c1-13(17-10-9-16(11-24-17)26-12-20(21,22)23)27-18(25)14-5-7-15(8-6-14)19(2,3)4/h5-11,13,27H,12H2,1-4H3.